The number of sulfonamides is 1. The Balaban J connectivity index is 1.84. The van der Waals surface area contributed by atoms with E-state index >= 15 is 0 Å². The fourth-order valence-electron chi connectivity index (χ4n) is 2.39. The molecule has 0 spiro atoms. The lowest BCUT2D eigenvalue weighted by molar-refractivity contribution is 0.133. The maximum Gasteiger partial charge on any atom is 0.216 e. The molecular formula is C15H22ClNO4S. The second kappa shape index (κ2) is 8.15. The fraction of sp³-hybridized carbons (Fsp3) is 0.600. The molecule has 1 aromatic carbocycles. The van der Waals surface area contributed by atoms with Crippen LogP contribution in [0.15, 0.2) is 24.3 Å². The Kier molecular flexibility index (Phi) is 6.50. The van der Waals surface area contributed by atoms with Crippen LogP contribution in [-0.4, -0.2) is 50.9 Å². The minimum absolute atomic E-state index is 0.00163. The number of hydrogen-bond acceptors (Lipinski definition) is 4. The highest BCUT2D eigenvalue weighted by Gasteiger charge is 2.28. The van der Waals surface area contributed by atoms with Gasteiger partial charge in [-0.15, -0.1) is 0 Å². The number of hydrogen-bond donors (Lipinski definition) is 0. The van der Waals surface area contributed by atoms with Crippen molar-refractivity contribution in [2.24, 2.45) is 0 Å². The monoisotopic (exact) mass is 347 g/mol. The molecular weight excluding hydrogens is 326 g/mol. The van der Waals surface area contributed by atoms with Gasteiger partial charge in [-0.2, -0.15) is 0 Å². The van der Waals surface area contributed by atoms with Gasteiger partial charge in [-0.25, -0.2) is 12.7 Å². The molecule has 5 nitrogen and oxygen atoms in total. The zero-order valence-corrected chi connectivity index (χ0v) is 14.3. The molecule has 1 fully saturated rings. The lowest BCUT2D eigenvalue weighted by atomic mass is 10.1. The summed E-state index contributed by atoms with van der Waals surface area (Å²) in [5, 5.41) is 0.578. The Bertz CT molecular complexity index is 571. The highest BCUT2D eigenvalue weighted by molar-refractivity contribution is 7.89. The molecule has 1 aliphatic heterocycles. The third-order valence-electron chi connectivity index (χ3n) is 3.61. The van der Waals surface area contributed by atoms with Crippen molar-refractivity contribution in [3.8, 4) is 5.75 Å². The molecule has 0 bridgehead atoms. The van der Waals surface area contributed by atoms with Crippen molar-refractivity contribution in [3.05, 3.63) is 29.3 Å². The Morgan fingerprint density at radius 2 is 1.95 bits per heavy atom. The average molecular weight is 348 g/mol. The first-order valence-electron chi connectivity index (χ1n) is 7.49. The number of piperidine rings is 1. The normalized spacial score (nSPS) is 17.5. The summed E-state index contributed by atoms with van der Waals surface area (Å²) in [5.74, 6) is 0.693. The van der Waals surface area contributed by atoms with E-state index in [9.17, 15) is 8.42 Å². The minimum Gasteiger partial charge on any atom is -0.489 e. The van der Waals surface area contributed by atoms with Crippen LogP contribution < -0.4 is 4.74 Å². The fourth-order valence-corrected chi connectivity index (χ4v) is 3.92. The number of nitrogens with zero attached hydrogens (tertiary/aromatic N) is 1. The molecule has 7 heteroatoms. The van der Waals surface area contributed by atoms with E-state index in [1.54, 1.807) is 6.07 Å². The van der Waals surface area contributed by atoms with Gasteiger partial charge < -0.3 is 9.47 Å². The van der Waals surface area contributed by atoms with Gasteiger partial charge in [0.1, 0.15) is 11.9 Å². The summed E-state index contributed by atoms with van der Waals surface area (Å²) < 4.78 is 36.8. The van der Waals surface area contributed by atoms with E-state index in [1.807, 2.05) is 25.1 Å². The zero-order chi connectivity index (χ0) is 16.0. The van der Waals surface area contributed by atoms with Crippen LogP contribution in [0.3, 0.4) is 0 Å². The molecule has 0 aliphatic carbocycles. The largest absolute Gasteiger partial charge is 0.489 e. The summed E-state index contributed by atoms with van der Waals surface area (Å²) in [6.45, 7) is 3.58. The summed E-state index contributed by atoms with van der Waals surface area (Å²) in [4.78, 5) is 0. The third kappa shape index (κ3) is 4.84. The predicted molar refractivity (Wildman–Crippen MR) is 87.0 cm³/mol. The molecule has 0 atom stereocenters. The lowest BCUT2D eigenvalue weighted by Gasteiger charge is -2.31. The summed E-state index contributed by atoms with van der Waals surface area (Å²) in [6.07, 6.45) is 1.33. The molecule has 1 saturated heterocycles. The van der Waals surface area contributed by atoms with E-state index in [0.29, 0.717) is 43.3 Å². The first kappa shape index (κ1) is 17.5. The summed E-state index contributed by atoms with van der Waals surface area (Å²) in [7, 11) is -3.23. The molecule has 2 rings (SSSR count). The summed E-state index contributed by atoms with van der Waals surface area (Å²) in [5.41, 5.74) is 0. The summed E-state index contributed by atoms with van der Waals surface area (Å²) in [6, 6.07) is 7.33. The second-order valence-electron chi connectivity index (χ2n) is 5.16. The standard InChI is InChI=1S/C15H22ClNO4S/c1-2-20-11-12-22(18,19)17-9-7-13(8-10-17)21-15-6-4-3-5-14(15)16/h3-6,13H,2,7-12H2,1H3. The number of ether oxygens (including phenoxy) is 2. The summed E-state index contributed by atoms with van der Waals surface area (Å²) >= 11 is 6.07. The van der Waals surface area contributed by atoms with Crippen LogP contribution in [0.2, 0.25) is 5.02 Å². The Morgan fingerprint density at radius 1 is 1.27 bits per heavy atom. The maximum absolute atomic E-state index is 12.2. The molecule has 0 aromatic heterocycles. The lowest BCUT2D eigenvalue weighted by Crippen LogP contribution is -2.43. The predicted octanol–water partition coefficient (Wildman–Crippen LogP) is 2.55. The Morgan fingerprint density at radius 3 is 2.59 bits per heavy atom. The molecule has 0 saturated carbocycles. The van der Waals surface area contributed by atoms with E-state index < -0.39 is 10.0 Å². The van der Waals surface area contributed by atoms with Gasteiger partial charge in [-0.3, -0.25) is 0 Å². The van der Waals surface area contributed by atoms with E-state index in [2.05, 4.69) is 0 Å². The van der Waals surface area contributed by atoms with Crippen LogP contribution >= 0.6 is 11.6 Å². The Hall–Kier alpha value is -0.820. The zero-order valence-electron chi connectivity index (χ0n) is 12.7. The van der Waals surface area contributed by atoms with E-state index in [1.165, 1.54) is 4.31 Å². The van der Waals surface area contributed by atoms with Crippen LogP contribution in [0.4, 0.5) is 0 Å². The number of para-hydroxylation sites is 1. The van der Waals surface area contributed by atoms with Gasteiger partial charge in [0.25, 0.3) is 0 Å². The van der Waals surface area contributed by atoms with Gasteiger partial charge in [0.2, 0.25) is 10.0 Å². The van der Waals surface area contributed by atoms with Gasteiger partial charge >= 0.3 is 0 Å². The van der Waals surface area contributed by atoms with Crippen LogP contribution in [0.1, 0.15) is 19.8 Å². The SMILES string of the molecule is CCOCCS(=O)(=O)N1CCC(Oc2ccccc2Cl)CC1. The number of benzene rings is 1. The van der Waals surface area contributed by atoms with Crippen molar-refractivity contribution >= 4 is 21.6 Å². The van der Waals surface area contributed by atoms with Gasteiger partial charge in [-0.1, -0.05) is 23.7 Å². The van der Waals surface area contributed by atoms with Crippen LogP contribution in [-0.2, 0) is 14.8 Å². The highest BCUT2D eigenvalue weighted by atomic mass is 35.5. The molecule has 1 aliphatic rings. The smallest absolute Gasteiger partial charge is 0.216 e. The topological polar surface area (TPSA) is 55.8 Å². The van der Waals surface area contributed by atoms with Crippen LogP contribution in [0.5, 0.6) is 5.75 Å². The van der Waals surface area contributed by atoms with Crippen molar-refractivity contribution in [1.82, 2.24) is 4.31 Å². The third-order valence-corrected chi connectivity index (χ3v) is 5.76. The van der Waals surface area contributed by atoms with Crippen LogP contribution in [0, 0.1) is 0 Å². The molecule has 0 unspecified atom stereocenters. The molecule has 1 heterocycles. The van der Waals surface area contributed by atoms with Gasteiger partial charge in [0.05, 0.1) is 17.4 Å². The van der Waals surface area contributed by atoms with E-state index in [-0.39, 0.29) is 18.5 Å². The van der Waals surface area contributed by atoms with Crippen molar-refractivity contribution in [2.75, 3.05) is 32.1 Å². The average Bonchev–Trinajstić information content (AvgIpc) is 2.50. The minimum atomic E-state index is -3.23. The highest BCUT2D eigenvalue weighted by Crippen LogP contribution is 2.27. The van der Waals surface area contributed by atoms with Crippen molar-refractivity contribution in [2.45, 2.75) is 25.9 Å². The second-order valence-corrected chi connectivity index (χ2v) is 7.66. The van der Waals surface area contributed by atoms with Gasteiger partial charge in [0, 0.05) is 19.7 Å². The Labute approximate surface area is 137 Å². The van der Waals surface area contributed by atoms with Gasteiger partial charge in [0.15, 0.2) is 0 Å². The van der Waals surface area contributed by atoms with E-state index in [0.717, 1.165) is 0 Å². The quantitative estimate of drug-likeness (QED) is 0.711. The molecule has 22 heavy (non-hydrogen) atoms. The molecule has 0 N–H and O–H groups in total. The van der Waals surface area contributed by atoms with Crippen molar-refractivity contribution < 1.29 is 17.9 Å². The number of halogens is 1. The van der Waals surface area contributed by atoms with Gasteiger partial charge in [-0.05, 0) is 31.9 Å². The van der Waals surface area contributed by atoms with Crippen LogP contribution in [0.25, 0.3) is 0 Å². The molecule has 0 radical (unpaired) electrons. The van der Waals surface area contributed by atoms with Crippen molar-refractivity contribution in [1.29, 1.82) is 0 Å². The first-order chi connectivity index (χ1) is 10.5. The molecule has 124 valence electrons. The molecule has 1 aromatic rings. The number of rotatable bonds is 7. The maximum atomic E-state index is 12.2. The molecule has 0 amide bonds. The van der Waals surface area contributed by atoms with Crippen molar-refractivity contribution in [3.63, 3.8) is 0 Å². The van der Waals surface area contributed by atoms with E-state index in [4.69, 9.17) is 21.1 Å². The first-order valence-corrected chi connectivity index (χ1v) is 9.48.